The summed E-state index contributed by atoms with van der Waals surface area (Å²) in [7, 11) is 0. The Kier molecular flexibility index (Phi) is 5.12. The highest BCUT2D eigenvalue weighted by Crippen LogP contribution is 2.25. The molecule has 0 fully saturated rings. The van der Waals surface area contributed by atoms with Crippen molar-refractivity contribution in [3.8, 4) is 0 Å². The molecule has 2 unspecified atom stereocenters. The fraction of sp³-hybridized carbons (Fsp3) is 0.818. The fourth-order valence-electron chi connectivity index (χ4n) is 1.40. The summed E-state index contributed by atoms with van der Waals surface area (Å²) in [4.78, 5) is 15.9. The molecular weight excluding hydrogens is 222 g/mol. The first-order valence-electron chi connectivity index (χ1n) is 5.80. The monoisotopic (exact) mass is 243 g/mol. The average molecular weight is 243 g/mol. The molecule has 2 N–H and O–H groups in total. The first-order valence-corrected chi connectivity index (χ1v) is 6.68. The molecule has 0 aromatic carbocycles. The van der Waals surface area contributed by atoms with Crippen molar-refractivity contribution in [2.45, 2.75) is 39.0 Å². The number of rotatable bonds is 4. The maximum Gasteiger partial charge on any atom is 0.242 e. The maximum absolute atomic E-state index is 11.5. The van der Waals surface area contributed by atoms with Crippen molar-refractivity contribution >= 4 is 22.8 Å². The molecule has 2 atom stereocenters. The van der Waals surface area contributed by atoms with Crippen LogP contribution in [0, 0.1) is 5.92 Å². The van der Waals surface area contributed by atoms with Crippen molar-refractivity contribution < 1.29 is 4.79 Å². The van der Waals surface area contributed by atoms with E-state index in [1.54, 1.807) is 11.8 Å². The number of amidine groups is 1. The van der Waals surface area contributed by atoms with Crippen LogP contribution in [0.25, 0.3) is 0 Å². The maximum atomic E-state index is 11.5. The van der Waals surface area contributed by atoms with Crippen LogP contribution in [0.4, 0.5) is 0 Å². The fourth-order valence-corrected chi connectivity index (χ4v) is 2.50. The van der Waals surface area contributed by atoms with Gasteiger partial charge in [0.1, 0.15) is 6.04 Å². The molecule has 0 saturated heterocycles. The molecule has 92 valence electrons. The molecule has 0 radical (unpaired) electrons. The van der Waals surface area contributed by atoms with Crippen molar-refractivity contribution in [3.63, 3.8) is 0 Å². The van der Waals surface area contributed by atoms with E-state index >= 15 is 0 Å². The smallest absolute Gasteiger partial charge is 0.242 e. The van der Waals surface area contributed by atoms with Crippen LogP contribution in [-0.4, -0.2) is 35.5 Å². The molecule has 0 saturated carbocycles. The highest BCUT2D eigenvalue weighted by atomic mass is 32.2. The number of carbonyl (C=O) groups excluding carboxylic acids is 1. The van der Waals surface area contributed by atoms with Gasteiger partial charge in [-0.3, -0.25) is 9.79 Å². The second kappa shape index (κ2) is 6.13. The summed E-state index contributed by atoms with van der Waals surface area (Å²) in [5.41, 5.74) is 0. The predicted molar refractivity (Wildman–Crippen MR) is 69.8 cm³/mol. The Morgan fingerprint density at radius 1 is 1.56 bits per heavy atom. The summed E-state index contributed by atoms with van der Waals surface area (Å²) in [6.07, 6.45) is 0. The number of thioether (sulfide) groups is 1. The zero-order valence-corrected chi connectivity index (χ0v) is 11.2. The normalized spacial score (nSPS) is 21.8. The van der Waals surface area contributed by atoms with E-state index < -0.39 is 0 Å². The van der Waals surface area contributed by atoms with Crippen molar-refractivity contribution in [1.29, 1.82) is 0 Å². The summed E-state index contributed by atoms with van der Waals surface area (Å²) in [6, 6.07) is -0.211. The zero-order chi connectivity index (χ0) is 12.1. The second-order valence-electron chi connectivity index (χ2n) is 4.31. The second-order valence-corrected chi connectivity index (χ2v) is 5.53. The molecule has 5 heteroatoms. The lowest BCUT2D eigenvalue weighted by Gasteiger charge is -2.15. The summed E-state index contributed by atoms with van der Waals surface area (Å²) in [6.45, 7) is 9.69. The lowest BCUT2D eigenvalue weighted by Crippen LogP contribution is -2.43. The Bertz CT molecular complexity index is 278. The van der Waals surface area contributed by atoms with Gasteiger partial charge in [-0.1, -0.05) is 25.6 Å². The van der Waals surface area contributed by atoms with Crippen LogP contribution in [0.1, 0.15) is 27.7 Å². The van der Waals surface area contributed by atoms with Gasteiger partial charge in [-0.25, -0.2) is 0 Å². The van der Waals surface area contributed by atoms with E-state index in [4.69, 9.17) is 0 Å². The number of likely N-dealkylation sites (N-methyl/N-ethyl adjacent to an activating group) is 1. The van der Waals surface area contributed by atoms with Gasteiger partial charge < -0.3 is 10.6 Å². The molecule has 1 amide bonds. The molecule has 0 spiro atoms. The number of nitrogens with zero attached hydrogens (tertiary/aromatic N) is 1. The summed E-state index contributed by atoms with van der Waals surface area (Å²) in [5.74, 6) is 0.645. The Hall–Kier alpha value is -0.710. The number of hydrogen-bond acceptors (Lipinski definition) is 4. The van der Waals surface area contributed by atoms with Gasteiger partial charge in [0, 0.05) is 11.8 Å². The third-order valence-corrected chi connectivity index (χ3v) is 3.97. The number of aliphatic imine (C=N–C) groups is 1. The molecular formula is C11H21N3OS. The first kappa shape index (κ1) is 13.4. The van der Waals surface area contributed by atoms with Gasteiger partial charge >= 0.3 is 0 Å². The van der Waals surface area contributed by atoms with Gasteiger partial charge in [0.15, 0.2) is 5.17 Å². The van der Waals surface area contributed by atoms with Crippen LogP contribution in [0.15, 0.2) is 4.99 Å². The molecule has 16 heavy (non-hydrogen) atoms. The summed E-state index contributed by atoms with van der Waals surface area (Å²) >= 11 is 1.74. The van der Waals surface area contributed by atoms with Crippen LogP contribution in [0.5, 0.6) is 0 Å². The standard InChI is InChI=1S/C11H21N3OS/c1-5-12-10(15)8(4)14-11-13-6-9(16-11)7(2)3/h7-9H,5-6H2,1-4H3,(H,12,15)(H,13,14). The van der Waals surface area contributed by atoms with Gasteiger partial charge in [-0.15, -0.1) is 0 Å². The third-order valence-electron chi connectivity index (χ3n) is 2.51. The summed E-state index contributed by atoms with van der Waals surface area (Å²) < 4.78 is 0. The quantitative estimate of drug-likeness (QED) is 0.781. The minimum absolute atomic E-state index is 0.0267. The van der Waals surface area contributed by atoms with Gasteiger partial charge in [-0.05, 0) is 19.8 Å². The average Bonchev–Trinajstić information content (AvgIpc) is 2.66. The van der Waals surface area contributed by atoms with Gasteiger partial charge in [0.2, 0.25) is 5.91 Å². The zero-order valence-electron chi connectivity index (χ0n) is 10.4. The highest BCUT2D eigenvalue weighted by molar-refractivity contribution is 8.14. The van der Waals surface area contributed by atoms with E-state index in [9.17, 15) is 4.79 Å². The van der Waals surface area contributed by atoms with Gasteiger partial charge in [0.05, 0.1) is 6.54 Å². The Labute approximate surface area is 102 Å². The van der Waals surface area contributed by atoms with Crippen LogP contribution in [0.3, 0.4) is 0 Å². The molecule has 1 rings (SSSR count). The molecule has 4 nitrogen and oxygen atoms in total. The number of amides is 1. The van der Waals surface area contributed by atoms with E-state index in [1.807, 2.05) is 13.8 Å². The lowest BCUT2D eigenvalue weighted by atomic mass is 10.1. The molecule has 0 aromatic rings. The SMILES string of the molecule is CCNC(=O)C(C)NC1=NCC(C(C)C)S1. The van der Waals surface area contributed by atoms with E-state index in [1.165, 1.54) is 0 Å². The number of hydrogen-bond donors (Lipinski definition) is 2. The minimum Gasteiger partial charge on any atom is -0.355 e. The predicted octanol–water partition coefficient (Wildman–Crippen LogP) is 1.23. The Morgan fingerprint density at radius 3 is 2.75 bits per heavy atom. The molecule has 1 aliphatic rings. The van der Waals surface area contributed by atoms with Crippen LogP contribution in [-0.2, 0) is 4.79 Å². The Morgan fingerprint density at radius 2 is 2.25 bits per heavy atom. The lowest BCUT2D eigenvalue weighted by molar-refractivity contribution is -0.122. The highest BCUT2D eigenvalue weighted by Gasteiger charge is 2.24. The van der Waals surface area contributed by atoms with Crippen LogP contribution in [0.2, 0.25) is 0 Å². The van der Waals surface area contributed by atoms with E-state index in [2.05, 4.69) is 29.5 Å². The number of nitrogens with one attached hydrogen (secondary N) is 2. The van der Waals surface area contributed by atoms with Gasteiger partial charge in [-0.2, -0.15) is 0 Å². The molecule has 0 aromatic heterocycles. The Balaban J connectivity index is 2.36. The topological polar surface area (TPSA) is 53.5 Å². The van der Waals surface area contributed by atoms with Gasteiger partial charge in [0.25, 0.3) is 0 Å². The molecule has 0 bridgehead atoms. The van der Waals surface area contributed by atoms with Crippen molar-refractivity contribution in [2.24, 2.45) is 10.9 Å². The number of carbonyl (C=O) groups is 1. The van der Waals surface area contributed by atoms with E-state index in [0.717, 1.165) is 11.7 Å². The van der Waals surface area contributed by atoms with E-state index in [0.29, 0.717) is 17.7 Å². The van der Waals surface area contributed by atoms with Crippen LogP contribution >= 0.6 is 11.8 Å². The van der Waals surface area contributed by atoms with E-state index in [-0.39, 0.29) is 11.9 Å². The molecule has 1 heterocycles. The first-order chi connectivity index (χ1) is 7.54. The van der Waals surface area contributed by atoms with Crippen LogP contribution < -0.4 is 10.6 Å². The summed E-state index contributed by atoms with van der Waals surface area (Å²) in [5, 5.41) is 7.38. The van der Waals surface area contributed by atoms with Crippen molar-refractivity contribution in [1.82, 2.24) is 10.6 Å². The third kappa shape index (κ3) is 3.70. The van der Waals surface area contributed by atoms with Crippen molar-refractivity contribution in [3.05, 3.63) is 0 Å². The largest absolute Gasteiger partial charge is 0.355 e. The van der Waals surface area contributed by atoms with Crippen molar-refractivity contribution in [2.75, 3.05) is 13.1 Å². The minimum atomic E-state index is -0.211. The molecule has 1 aliphatic heterocycles. The molecule has 0 aliphatic carbocycles.